The van der Waals surface area contributed by atoms with E-state index in [1.54, 1.807) is 7.11 Å². The van der Waals surface area contributed by atoms with Gasteiger partial charge in [-0.1, -0.05) is 19.1 Å². The second-order valence-corrected chi connectivity index (χ2v) is 7.02. The van der Waals surface area contributed by atoms with E-state index in [9.17, 15) is 8.42 Å². The van der Waals surface area contributed by atoms with E-state index in [0.29, 0.717) is 6.54 Å². The van der Waals surface area contributed by atoms with Crippen LogP contribution >= 0.6 is 0 Å². The molecule has 0 radical (unpaired) electrons. The summed E-state index contributed by atoms with van der Waals surface area (Å²) in [6.45, 7) is 6.67. The van der Waals surface area contributed by atoms with Crippen molar-refractivity contribution < 1.29 is 13.2 Å². The van der Waals surface area contributed by atoms with Crippen molar-refractivity contribution in [3.63, 3.8) is 0 Å². The van der Waals surface area contributed by atoms with Crippen LogP contribution in [0.25, 0.3) is 0 Å². The predicted molar refractivity (Wildman–Crippen MR) is 78.6 cm³/mol. The standard InChI is InChI=1S/C14H23NO3S/c1-6-15-13(9-19(5,16)17)12-8-7-10(2)11(3)14(12)18-4/h7-8,13,15H,6,9H2,1-5H3. The molecule has 0 bridgehead atoms. The summed E-state index contributed by atoms with van der Waals surface area (Å²) in [4.78, 5) is 0. The number of hydrogen-bond donors (Lipinski definition) is 1. The van der Waals surface area contributed by atoms with Crippen molar-refractivity contribution in [2.24, 2.45) is 0 Å². The van der Waals surface area contributed by atoms with Gasteiger partial charge in [-0.05, 0) is 31.5 Å². The van der Waals surface area contributed by atoms with Gasteiger partial charge in [0.15, 0.2) is 0 Å². The molecule has 1 aromatic carbocycles. The van der Waals surface area contributed by atoms with Crippen LogP contribution in [0, 0.1) is 13.8 Å². The van der Waals surface area contributed by atoms with Crippen molar-refractivity contribution in [1.82, 2.24) is 5.32 Å². The van der Waals surface area contributed by atoms with E-state index >= 15 is 0 Å². The Balaban J connectivity index is 3.26. The zero-order valence-electron chi connectivity index (χ0n) is 12.3. The summed E-state index contributed by atoms with van der Waals surface area (Å²) in [6, 6.07) is 3.70. The van der Waals surface area contributed by atoms with Crippen molar-refractivity contribution in [1.29, 1.82) is 0 Å². The molecule has 0 aliphatic heterocycles. The number of rotatable bonds is 6. The molecule has 0 aliphatic carbocycles. The monoisotopic (exact) mass is 285 g/mol. The van der Waals surface area contributed by atoms with E-state index in [1.165, 1.54) is 6.26 Å². The van der Waals surface area contributed by atoms with Crippen molar-refractivity contribution in [2.45, 2.75) is 26.8 Å². The molecule has 0 saturated carbocycles. The van der Waals surface area contributed by atoms with Crippen LogP contribution in [0.1, 0.15) is 29.7 Å². The molecule has 1 unspecified atom stereocenters. The van der Waals surface area contributed by atoms with Crippen molar-refractivity contribution in [3.8, 4) is 5.75 Å². The molecule has 0 aliphatic rings. The molecule has 5 heteroatoms. The number of hydrogen-bond acceptors (Lipinski definition) is 4. The lowest BCUT2D eigenvalue weighted by atomic mass is 10.00. The van der Waals surface area contributed by atoms with Crippen molar-refractivity contribution in [3.05, 3.63) is 28.8 Å². The van der Waals surface area contributed by atoms with Crippen LogP contribution in [0.3, 0.4) is 0 Å². The number of nitrogens with one attached hydrogen (secondary N) is 1. The summed E-state index contributed by atoms with van der Waals surface area (Å²) >= 11 is 0. The molecular formula is C14H23NO3S. The van der Waals surface area contributed by atoms with Crippen LogP contribution in [0.4, 0.5) is 0 Å². The molecule has 108 valence electrons. The van der Waals surface area contributed by atoms with Crippen molar-refractivity contribution >= 4 is 9.84 Å². The third-order valence-electron chi connectivity index (χ3n) is 3.21. The number of ether oxygens (including phenoxy) is 1. The highest BCUT2D eigenvalue weighted by Gasteiger charge is 2.21. The van der Waals surface area contributed by atoms with Crippen LogP contribution in [0.2, 0.25) is 0 Å². The van der Waals surface area contributed by atoms with Gasteiger partial charge in [-0.3, -0.25) is 0 Å². The fourth-order valence-corrected chi connectivity index (χ4v) is 3.07. The predicted octanol–water partition coefficient (Wildman–Crippen LogP) is 2.01. The molecule has 0 amide bonds. The molecule has 0 fully saturated rings. The molecular weight excluding hydrogens is 262 g/mol. The Hall–Kier alpha value is -1.07. The Labute approximate surface area is 116 Å². The molecule has 0 spiro atoms. The minimum absolute atomic E-state index is 0.0691. The van der Waals surface area contributed by atoms with Crippen LogP contribution in [0.15, 0.2) is 12.1 Å². The maximum Gasteiger partial charge on any atom is 0.149 e. The highest BCUT2D eigenvalue weighted by atomic mass is 32.2. The van der Waals surface area contributed by atoms with E-state index < -0.39 is 9.84 Å². The quantitative estimate of drug-likeness (QED) is 0.868. The molecule has 0 aromatic heterocycles. The Kier molecular flexibility index (Phi) is 5.38. The number of aryl methyl sites for hydroxylation is 1. The van der Waals surface area contributed by atoms with Crippen LogP contribution in [-0.2, 0) is 9.84 Å². The highest BCUT2D eigenvalue weighted by molar-refractivity contribution is 7.90. The van der Waals surface area contributed by atoms with Crippen molar-refractivity contribution in [2.75, 3.05) is 25.7 Å². The zero-order chi connectivity index (χ0) is 14.6. The lowest BCUT2D eigenvalue weighted by Crippen LogP contribution is -2.28. The molecule has 4 nitrogen and oxygen atoms in total. The topological polar surface area (TPSA) is 55.4 Å². The normalized spacial score (nSPS) is 13.3. The molecule has 1 atom stereocenters. The SMILES string of the molecule is CCNC(CS(C)(=O)=O)c1ccc(C)c(C)c1OC. The van der Waals surface area contributed by atoms with Gasteiger partial charge in [-0.2, -0.15) is 0 Å². The summed E-state index contributed by atoms with van der Waals surface area (Å²) in [6.07, 6.45) is 1.25. The lowest BCUT2D eigenvalue weighted by molar-refractivity contribution is 0.399. The van der Waals surface area contributed by atoms with Gasteiger partial charge in [0.1, 0.15) is 15.6 Å². The van der Waals surface area contributed by atoms with Gasteiger partial charge >= 0.3 is 0 Å². The first kappa shape index (κ1) is 16.0. The van der Waals surface area contributed by atoms with Gasteiger partial charge in [0, 0.05) is 17.9 Å². The average molecular weight is 285 g/mol. The summed E-state index contributed by atoms with van der Waals surface area (Å²) in [5, 5.41) is 3.22. The maximum absolute atomic E-state index is 11.6. The Morgan fingerprint density at radius 3 is 2.42 bits per heavy atom. The van der Waals surface area contributed by atoms with Crippen LogP contribution in [0.5, 0.6) is 5.75 Å². The summed E-state index contributed by atoms with van der Waals surface area (Å²) in [5.74, 6) is 0.842. The van der Waals surface area contributed by atoms with Crippen LogP contribution < -0.4 is 10.1 Å². The van der Waals surface area contributed by atoms with Gasteiger partial charge < -0.3 is 10.1 Å². The second kappa shape index (κ2) is 6.39. The number of benzene rings is 1. The van der Waals surface area contributed by atoms with Gasteiger partial charge in [-0.25, -0.2) is 8.42 Å². The minimum Gasteiger partial charge on any atom is -0.496 e. The first-order valence-corrected chi connectivity index (χ1v) is 8.41. The van der Waals surface area contributed by atoms with E-state index in [1.807, 2.05) is 32.9 Å². The van der Waals surface area contributed by atoms with E-state index in [4.69, 9.17) is 4.74 Å². The summed E-state index contributed by atoms with van der Waals surface area (Å²) < 4.78 is 28.6. The van der Waals surface area contributed by atoms with Crippen LogP contribution in [-0.4, -0.2) is 34.1 Å². The molecule has 19 heavy (non-hydrogen) atoms. The first-order valence-electron chi connectivity index (χ1n) is 6.35. The number of methoxy groups -OCH3 is 1. The van der Waals surface area contributed by atoms with Gasteiger partial charge in [0.2, 0.25) is 0 Å². The third-order valence-corrected chi connectivity index (χ3v) is 4.15. The Morgan fingerprint density at radius 1 is 1.32 bits per heavy atom. The summed E-state index contributed by atoms with van der Waals surface area (Å²) in [7, 11) is -1.44. The largest absolute Gasteiger partial charge is 0.496 e. The smallest absolute Gasteiger partial charge is 0.149 e. The second-order valence-electron chi connectivity index (χ2n) is 4.83. The fourth-order valence-electron chi connectivity index (χ4n) is 2.16. The lowest BCUT2D eigenvalue weighted by Gasteiger charge is -2.22. The third kappa shape index (κ3) is 4.21. The molecule has 1 aromatic rings. The van der Waals surface area contributed by atoms with Gasteiger partial charge in [0.25, 0.3) is 0 Å². The van der Waals surface area contributed by atoms with Gasteiger partial charge in [0.05, 0.1) is 12.9 Å². The Morgan fingerprint density at radius 2 is 1.95 bits per heavy atom. The Bertz CT molecular complexity index is 538. The highest BCUT2D eigenvalue weighted by Crippen LogP contribution is 2.31. The maximum atomic E-state index is 11.6. The molecule has 0 saturated heterocycles. The molecule has 1 rings (SSSR count). The fraction of sp³-hybridized carbons (Fsp3) is 0.571. The van der Waals surface area contributed by atoms with E-state index in [-0.39, 0.29) is 11.8 Å². The van der Waals surface area contributed by atoms with Gasteiger partial charge in [-0.15, -0.1) is 0 Å². The van der Waals surface area contributed by atoms with E-state index in [2.05, 4.69) is 5.32 Å². The average Bonchev–Trinajstić information content (AvgIpc) is 2.30. The first-order chi connectivity index (χ1) is 8.80. The van der Waals surface area contributed by atoms with E-state index in [0.717, 1.165) is 22.4 Å². The molecule has 1 N–H and O–H groups in total. The number of sulfone groups is 1. The zero-order valence-corrected chi connectivity index (χ0v) is 13.1. The minimum atomic E-state index is -3.06. The molecule has 0 heterocycles. The summed E-state index contributed by atoms with van der Waals surface area (Å²) in [5.41, 5.74) is 3.09.